The van der Waals surface area contributed by atoms with Gasteiger partial charge in [0.15, 0.2) is 5.96 Å². The molecule has 4 aromatic rings. The molecule has 0 fully saturated rings. The molecule has 0 bridgehead atoms. The molecular formula is C32H38N8O10S2. The number of aromatic hydroxyl groups is 2. The van der Waals surface area contributed by atoms with Crippen LogP contribution in [-0.4, -0.2) is 79.9 Å². The number of carbonyl (C=O) groups is 1. The van der Waals surface area contributed by atoms with E-state index in [9.17, 15) is 21.6 Å². The Labute approximate surface area is 300 Å². The average Bonchev–Trinajstić information content (AvgIpc) is 3.11. The van der Waals surface area contributed by atoms with Crippen molar-refractivity contribution in [1.29, 1.82) is 0 Å². The Balaban J connectivity index is 0.000000275. The fourth-order valence-corrected chi connectivity index (χ4v) is 4.53. The van der Waals surface area contributed by atoms with E-state index in [1.165, 1.54) is 72.8 Å². The van der Waals surface area contributed by atoms with Crippen LogP contribution in [0.2, 0.25) is 0 Å². The molecule has 0 aromatic heterocycles. The van der Waals surface area contributed by atoms with Gasteiger partial charge in [-0.15, -0.1) is 0 Å². The summed E-state index contributed by atoms with van der Waals surface area (Å²) in [6.45, 7) is 0.661. The monoisotopic (exact) mass is 758 g/mol. The number of nitrogens with one attached hydrogen (secondary N) is 2. The maximum absolute atomic E-state index is 10.8. The quantitative estimate of drug-likeness (QED) is 0.0326. The van der Waals surface area contributed by atoms with Crippen molar-refractivity contribution >= 4 is 54.9 Å². The molecule has 0 aliphatic carbocycles. The van der Waals surface area contributed by atoms with E-state index in [4.69, 9.17) is 30.2 Å². The number of aliphatic carboxylic acids is 1. The smallest absolute Gasteiger partial charge is 0.320 e. The van der Waals surface area contributed by atoms with Crippen molar-refractivity contribution in [2.24, 2.45) is 31.2 Å². The summed E-state index contributed by atoms with van der Waals surface area (Å²) in [6, 6.07) is 22.2. The molecule has 0 radical (unpaired) electrons. The lowest BCUT2D eigenvalue weighted by atomic mass is 10.2. The van der Waals surface area contributed by atoms with Gasteiger partial charge in [0.1, 0.15) is 17.5 Å². The Morgan fingerprint density at radius 1 is 0.673 bits per heavy atom. The lowest BCUT2D eigenvalue weighted by molar-refractivity contribution is -0.138. The Morgan fingerprint density at radius 2 is 1.00 bits per heavy atom. The average molecular weight is 759 g/mol. The van der Waals surface area contributed by atoms with Crippen LogP contribution in [0.15, 0.2) is 132 Å². The van der Waals surface area contributed by atoms with Gasteiger partial charge in [-0.3, -0.25) is 18.9 Å². The Morgan fingerprint density at radius 3 is 1.27 bits per heavy atom. The van der Waals surface area contributed by atoms with E-state index < -0.39 is 32.2 Å². The number of hydrogen-bond acceptors (Lipinski definition) is 13. The summed E-state index contributed by atoms with van der Waals surface area (Å²) in [5.74, 6) is 0.00445. The number of hydrogen-bond donors (Lipinski definition) is 8. The molecule has 0 amide bonds. The molecule has 0 aliphatic rings. The van der Waals surface area contributed by atoms with E-state index >= 15 is 0 Å². The second-order valence-corrected chi connectivity index (χ2v) is 13.0. The maximum atomic E-state index is 10.8. The molecule has 0 heterocycles. The molecule has 4 aromatic carbocycles. The molecule has 9 N–H and O–H groups in total. The van der Waals surface area contributed by atoms with Crippen LogP contribution in [-0.2, 0) is 25.0 Å². The van der Waals surface area contributed by atoms with E-state index in [1.54, 1.807) is 38.4 Å². The molecule has 18 nitrogen and oxygen atoms in total. The Kier molecular flexibility index (Phi) is 16.9. The third-order valence-electron chi connectivity index (χ3n) is 6.29. The van der Waals surface area contributed by atoms with Crippen molar-refractivity contribution < 1.29 is 46.1 Å². The lowest BCUT2D eigenvalue weighted by Gasteiger charge is -2.09. The minimum absolute atomic E-state index is 0.136. The number of phenols is 2. The molecule has 0 saturated heterocycles. The van der Waals surface area contributed by atoms with Gasteiger partial charge in [-0.25, -0.2) is 0 Å². The third-order valence-corrected chi connectivity index (χ3v) is 8.03. The number of phenolic OH excluding ortho intramolecular Hbond substituents is 2. The van der Waals surface area contributed by atoms with E-state index in [1.807, 2.05) is 0 Å². The fourth-order valence-electron chi connectivity index (χ4n) is 3.57. The minimum atomic E-state index is -4.19. The van der Waals surface area contributed by atoms with Crippen molar-refractivity contribution in [2.45, 2.75) is 28.7 Å². The van der Waals surface area contributed by atoms with Gasteiger partial charge >= 0.3 is 5.97 Å². The van der Waals surface area contributed by atoms with Crippen molar-refractivity contribution in [1.82, 2.24) is 10.6 Å². The largest absolute Gasteiger partial charge is 0.508 e. The summed E-state index contributed by atoms with van der Waals surface area (Å²) in [4.78, 5) is 13.9. The molecule has 1 unspecified atom stereocenters. The summed E-state index contributed by atoms with van der Waals surface area (Å²) in [7, 11) is -4.95. The highest BCUT2D eigenvalue weighted by Gasteiger charge is 2.10. The number of aliphatic imine (C=N–C) groups is 1. The highest BCUT2D eigenvalue weighted by atomic mass is 32.2. The number of azo groups is 2. The van der Waals surface area contributed by atoms with E-state index in [2.05, 4.69) is 36.1 Å². The number of carboxylic acids is 1. The minimum Gasteiger partial charge on any atom is -0.508 e. The van der Waals surface area contributed by atoms with Crippen LogP contribution in [0.1, 0.15) is 12.8 Å². The highest BCUT2D eigenvalue weighted by Crippen LogP contribution is 2.23. The fraction of sp³-hybridized carbons (Fsp3) is 0.188. The van der Waals surface area contributed by atoms with Gasteiger partial charge < -0.3 is 31.7 Å². The standard InChI is InChI=1S/2C12H10N2O4S.C8H18N4O2/c2*15-11-5-1-9(2-6-11)13-14-10-3-7-12(8-4-10)19(16,17)18;1-10-8(11-2)12-5-3-4-6(9)7(13)14/h2*1-8,15H,(H,16,17,18);6H,3-5,9H2,1-2H3,(H,13,14)(H2,10,11,12). The molecule has 0 spiro atoms. The van der Waals surface area contributed by atoms with Crippen LogP contribution in [0.4, 0.5) is 22.7 Å². The van der Waals surface area contributed by atoms with Crippen molar-refractivity contribution in [3.63, 3.8) is 0 Å². The van der Waals surface area contributed by atoms with Gasteiger partial charge in [0.2, 0.25) is 0 Å². The van der Waals surface area contributed by atoms with Crippen LogP contribution >= 0.6 is 0 Å². The van der Waals surface area contributed by atoms with Gasteiger partial charge in [0.05, 0.1) is 32.5 Å². The normalized spacial score (nSPS) is 12.3. The number of guanidine groups is 1. The first kappa shape index (κ1) is 42.4. The second-order valence-electron chi connectivity index (χ2n) is 10.2. The van der Waals surface area contributed by atoms with Gasteiger partial charge in [-0.2, -0.15) is 37.3 Å². The number of nitrogens with zero attached hydrogens (tertiary/aromatic N) is 5. The lowest BCUT2D eigenvalue weighted by Crippen LogP contribution is -2.36. The van der Waals surface area contributed by atoms with Crippen molar-refractivity contribution in [2.75, 3.05) is 20.6 Å². The summed E-state index contributed by atoms with van der Waals surface area (Å²) in [6.07, 6.45) is 1.16. The number of carboxylic acid groups (broad SMARTS) is 1. The SMILES string of the molecule is CN=C(NC)NCCCC(N)C(=O)O.O=S(=O)(O)c1ccc(N=Nc2ccc(O)cc2)cc1.O=S(=O)(O)c1ccc(N=Nc2ccc(O)cc2)cc1. The summed E-state index contributed by atoms with van der Waals surface area (Å²) < 4.78 is 60.9. The first-order chi connectivity index (χ1) is 24.5. The highest BCUT2D eigenvalue weighted by molar-refractivity contribution is 7.86. The zero-order valence-electron chi connectivity index (χ0n) is 27.8. The topological polar surface area (TPSA) is 298 Å². The van der Waals surface area contributed by atoms with E-state index in [0.717, 1.165) is 0 Å². The molecule has 1 atom stereocenters. The summed E-state index contributed by atoms with van der Waals surface area (Å²) >= 11 is 0. The first-order valence-corrected chi connectivity index (χ1v) is 17.8. The van der Waals surface area contributed by atoms with Gasteiger partial charge in [0, 0.05) is 20.6 Å². The Hall–Kier alpha value is -5.80. The van der Waals surface area contributed by atoms with Crippen LogP contribution < -0.4 is 16.4 Å². The predicted octanol–water partition coefficient (Wildman–Crippen LogP) is 5.08. The first-order valence-electron chi connectivity index (χ1n) is 14.9. The van der Waals surface area contributed by atoms with Gasteiger partial charge in [-0.05, 0) is 110 Å². The number of benzene rings is 4. The van der Waals surface area contributed by atoms with Crippen molar-refractivity contribution in [3.05, 3.63) is 97.1 Å². The third kappa shape index (κ3) is 16.3. The van der Waals surface area contributed by atoms with Gasteiger partial charge in [0.25, 0.3) is 20.2 Å². The molecule has 4 rings (SSSR count). The zero-order valence-corrected chi connectivity index (χ0v) is 29.5. The van der Waals surface area contributed by atoms with Crippen LogP contribution in [0.3, 0.4) is 0 Å². The van der Waals surface area contributed by atoms with Crippen LogP contribution in [0.5, 0.6) is 11.5 Å². The van der Waals surface area contributed by atoms with E-state index in [0.29, 0.717) is 48.1 Å². The van der Waals surface area contributed by atoms with Gasteiger partial charge in [-0.1, -0.05) is 0 Å². The Bertz CT molecular complexity index is 1900. The second kappa shape index (κ2) is 20.8. The van der Waals surface area contributed by atoms with Crippen molar-refractivity contribution in [3.8, 4) is 11.5 Å². The predicted molar refractivity (Wildman–Crippen MR) is 192 cm³/mol. The molecule has 278 valence electrons. The number of nitrogens with two attached hydrogens (primary N) is 1. The molecule has 20 heteroatoms. The molecular weight excluding hydrogens is 721 g/mol. The molecule has 52 heavy (non-hydrogen) atoms. The molecule has 0 saturated carbocycles. The number of rotatable bonds is 11. The summed E-state index contributed by atoms with van der Waals surface area (Å²) in [5.41, 5.74) is 7.32. The molecule has 0 aliphatic heterocycles. The zero-order chi connectivity index (χ0) is 38.7. The van der Waals surface area contributed by atoms with Crippen LogP contribution in [0.25, 0.3) is 0 Å². The van der Waals surface area contributed by atoms with E-state index in [-0.39, 0.29) is 21.3 Å². The summed E-state index contributed by atoms with van der Waals surface area (Å²) in [5, 5.41) is 48.2. The van der Waals surface area contributed by atoms with Crippen LogP contribution in [0, 0.1) is 0 Å². The maximum Gasteiger partial charge on any atom is 0.320 e.